The van der Waals surface area contributed by atoms with Crippen LogP contribution in [0.3, 0.4) is 0 Å². The summed E-state index contributed by atoms with van der Waals surface area (Å²) < 4.78 is 5.24. The van der Waals surface area contributed by atoms with Crippen molar-refractivity contribution < 1.29 is 9.53 Å². The number of hydrogen-bond donors (Lipinski definition) is 3. The Kier molecular flexibility index (Phi) is 5.99. The fourth-order valence-corrected chi connectivity index (χ4v) is 3.00. The molecule has 4 aromatic rings. The second kappa shape index (κ2) is 9.36. The van der Waals surface area contributed by atoms with Crippen molar-refractivity contribution in [1.82, 2.24) is 15.0 Å². The molecule has 0 atom stereocenters. The van der Waals surface area contributed by atoms with Crippen LogP contribution in [0.1, 0.15) is 0 Å². The molecule has 0 unspecified atom stereocenters. The zero-order valence-corrected chi connectivity index (χ0v) is 16.7. The number of amides is 2. The molecule has 3 aromatic carbocycles. The van der Waals surface area contributed by atoms with Crippen LogP contribution in [0.25, 0.3) is 11.1 Å². The summed E-state index contributed by atoms with van der Waals surface area (Å²) in [5, 5.41) is 8.52. The first-order valence-corrected chi connectivity index (χ1v) is 9.54. The largest absolute Gasteiger partial charge is 0.495 e. The summed E-state index contributed by atoms with van der Waals surface area (Å²) in [5.41, 5.74) is 3.44. The number of ether oxygens (including phenoxy) is 1. The van der Waals surface area contributed by atoms with Crippen molar-refractivity contribution in [1.29, 1.82) is 0 Å². The lowest BCUT2D eigenvalue weighted by atomic mass is 10.0. The predicted molar refractivity (Wildman–Crippen MR) is 121 cm³/mol. The molecule has 154 valence electrons. The van der Waals surface area contributed by atoms with Crippen LogP contribution < -0.4 is 20.7 Å². The Labute approximate surface area is 179 Å². The quantitative estimate of drug-likeness (QED) is 0.415. The number of aromatic nitrogens is 3. The molecule has 0 aliphatic rings. The number of nitrogens with zero attached hydrogens (tertiary/aromatic N) is 3. The first kappa shape index (κ1) is 19.8. The standard InChI is InChI=1S/C23H20N6O2/c1-31-20-14-8-7-13-19(20)27-23(30)29-22-25-15-24-21(28-22)26-18-12-6-5-11-17(18)16-9-3-2-4-10-16/h2-15H,1H3,(H3,24,25,26,27,28,29,30). The van der Waals surface area contributed by atoms with E-state index >= 15 is 0 Å². The van der Waals surface area contributed by atoms with Crippen LogP contribution in [0.15, 0.2) is 85.2 Å². The first-order chi connectivity index (χ1) is 15.2. The van der Waals surface area contributed by atoms with Crippen molar-refractivity contribution in [2.45, 2.75) is 0 Å². The number of benzene rings is 3. The average Bonchev–Trinajstić information content (AvgIpc) is 2.80. The molecule has 0 bridgehead atoms. The average molecular weight is 412 g/mol. The van der Waals surface area contributed by atoms with E-state index in [0.717, 1.165) is 16.8 Å². The number of carbonyl (C=O) groups excluding carboxylic acids is 1. The number of rotatable bonds is 6. The lowest BCUT2D eigenvalue weighted by Gasteiger charge is -2.12. The Morgan fingerprint density at radius 1 is 0.774 bits per heavy atom. The van der Waals surface area contributed by atoms with Gasteiger partial charge in [0.05, 0.1) is 12.8 Å². The molecule has 0 aliphatic carbocycles. The van der Waals surface area contributed by atoms with Crippen LogP contribution in [0, 0.1) is 0 Å². The molecule has 0 spiro atoms. The number of urea groups is 1. The Morgan fingerprint density at radius 2 is 1.45 bits per heavy atom. The second-order valence-electron chi connectivity index (χ2n) is 6.45. The first-order valence-electron chi connectivity index (χ1n) is 9.54. The zero-order valence-electron chi connectivity index (χ0n) is 16.7. The molecule has 0 saturated carbocycles. The van der Waals surface area contributed by atoms with Crippen molar-refractivity contribution in [3.8, 4) is 16.9 Å². The van der Waals surface area contributed by atoms with Crippen molar-refractivity contribution in [2.24, 2.45) is 0 Å². The van der Waals surface area contributed by atoms with Crippen LogP contribution >= 0.6 is 0 Å². The molecular weight excluding hydrogens is 392 g/mol. The van der Waals surface area contributed by atoms with Gasteiger partial charge >= 0.3 is 6.03 Å². The third-order valence-corrected chi connectivity index (χ3v) is 4.41. The van der Waals surface area contributed by atoms with Crippen LogP contribution in [-0.2, 0) is 0 Å². The molecule has 1 aromatic heterocycles. The zero-order chi connectivity index (χ0) is 21.5. The molecule has 31 heavy (non-hydrogen) atoms. The van der Waals surface area contributed by atoms with Crippen molar-refractivity contribution in [3.05, 3.63) is 85.2 Å². The van der Waals surface area contributed by atoms with Gasteiger partial charge in [0.25, 0.3) is 0 Å². The molecule has 8 heteroatoms. The highest BCUT2D eigenvalue weighted by Gasteiger charge is 2.10. The smallest absolute Gasteiger partial charge is 0.326 e. The normalized spacial score (nSPS) is 10.2. The fraction of sp³-hybridized carbons (Fsp3) is 0.0435. The maximum atomic E-state index is 12.4. The highest BCUT2D eigenvalue weighted by molar-refractivity contribution is 5.99. The van der Waals surface area contributed by atoms with Crippen molar-refractivity contribution >= 4 is 29.3 Å². The van der Waals surface area contributed by atoms with E-state index in [1.54, 1.807) is 18.2 Å². The van der Waals surface area contributed by atoms with Gasteiger partial charge in [0.2, 0.25) is 11.9 Å². The molecule has 2 amide bonds. The molecule has 0 saturated heterocycles. The highest BCUT2D eigenvalue weighted by atomic mass is 16.5. The van der Waals surface area contributed by atoms with E-state index in [0.29, 0.717) is 17.4 Å². The van der Waals surface area contributed by atoms with E-state index < -0.39 is 6.03 Å². The molecule has 4 rings (SSSR count). The van der Waals surface area contributed by atoms with Crippen LogP contribution in [0.4, 0.5) is 28.1 Å². The number of hydrogen-bond acceptors (Lipinski definition) is 6. The number of para-hydroxylation sites is 3. The summed E-state index contributed by atoms with van der Waals surface area (Å²) in [7, 11) is 1.54. The van der Waals surface area contributed by atoms with E-state index in [1.807, 2.05) is 60.7 Å². The van der Waals surface area contributed by atoms with Crippen LogP contribution in [0.2, 0.25) is 0 Å². The van der Waals surface area contributed by atoms with Gasteiger partial charge in [0.15, 0.2) is 0 Å². The molecule has 0 radical (unpaired) electrons. The number of anilines is 4. The van der Waals surface area contributed by atoms with Gasteiger partial charge in [-0.1, -0.05) is 60.7 Å². The molecule has 1 heterocycles. The molecular formula is C23H20N6O2. The van der Waals surface area contributed by atoms with E-state index in [4.69, 9.17) is 4.74 Å². The Hall–Kier alpha value is -4.46. The molecule has 0 fully saturated rings. The lowest BCUT2D eigenvalue weighted by Crippen LogP contribution is -2.21. The highest BCUT2D eigenvalue weighted by Crippen LogP contribution is 2.29. The van der Waals surface area contributed by atoms with Gasteiger partial charge in [-0.05, 0) is 23.8 Å². The topological polar surface area (TPSA) is 101 Å². The van der Waals surface area contributed by atoms with E-state index in [2.05, 4.69) is 30.9 Å². The van der Waals surface area contributed by atoms with Crippen LogP contribution in [0.5, 0.6) is 5.75 Å². The van der Waals surface area contributed by atoms with Crippen molar-refractivity contribution in [2.75, 3.05) is 23.1 Å². The summed E-state index contributed by atoms with van der Waals surface area (Å²) >= 11 is 0. The van der Waals surface area contributed by atoms with Gasteiger partial charge in [-0.3, -0.25) is 5.32 Å². The van der Waals surface area contributed by atoms with E-state index in [1.165, 1.54) is 13.4 Å². The van der Waals surface area contributed by atoms with Gasteiger partial charge in [-0.25, -0.2) is 14.8 Å². The monoisotopic (exact) mass is 412 g/mol. The summed E-state index contributed by atoms with van der Waals surface area (Å²) in [6, 6.07) is 24.5. The predicted octanol–water partition coefficient (Wildman–Crippen LogP) is 4.93. The Bertz CT molecular complexity index is 1180. The summed E-state index contributed by atoms with van der Waals surface area (Å²) in [6.45, 7) is 0. The van der Waals surface area contributed by atoms with Crippen molar-refractivity contribution in [3.63, 3.8) is 0 Å². The Balaban J connectivity index is 1.49. The third-order valence-electron chi connectivity index (χ3n) is 4.41. The summed E-state index contributed by atoms with van der Waals surface area (Å²) in [5.74, 6) is 0.973. The second-order valence-corrected chi connectivity index (χ2v) is 6.45. The summed E-state index contributed by atoms with van der Waals surface area (Å²) in [6.07, 6.45) is 1.33. The SMILES string of the molecule is COc1ccccc1NC(=O)Nc1ncnc(Nc2ccccc2-c2ccccc2)n1. The Morgan fingerprint density at radius 3 is 2.26 bits per heavy atom. The van der Waals surface area contributed by atoms with Gasteiger partial charge in [0.1, 0.15) is 12.1 Å². The maximum Gasteiger partial charge on any atom is 0.326 e. The number of carbonyl (C=O) groups is 1. The number of methoxy groups -OCH3 is 1. The fourth-order valence-electron chi connectivity index (χ4n) is 3.00. The molecule has 3 N–H and O–H groups in total. The maximum absolute atomic E-state index is 12.4. The minimum absolute atomic E-state index is 0.113. The van der Waals surface area contributed by atoms with Gasteiger partial charge < -0.3 is 15.4 Å². The van der Waals surface area contributed by atoms with E-state index in [9.17, 15) is 4.79 Å². The minimum atomic E-state index is -0.494. The van der Waals surface area contributed by atoms with Gasteiger partial charge in [0, 0.05) is 11.3 Å². The van der Waals surface area contributed by atoms with Crippen LogP contribution in [-0.4, -0.2) is 28.1 Å². The lowest BCUT2D eigenvalue weighted by molar-refractivity contribution is 0.262. The minimum Gasteiger partial charge on any atom is -0.495 e. The third kappa shape index (κ3) is 4.94. The van der Waals surface area contributed by atoms with Gasteiger partial charge in [-0.2, -0.15) is 4.98 Å². The summed E-state index contributed by atoms with van der Waals surface area (Å²) in [4.78, 5) is 24.8. The molecule has 8 nitrogen and oxygen atoms in total. The number of nitrogens with one attached hydrogen (secondary N) is 3. The van der Waals surface area contributed by atoms with Gasteiger partial charge in [-0.15, -0.1) is 0 Å². The molecule has 0 aliphatic heterocycles. The van der Waals surface area contributed by atoms with E-state index in [-0.39, 0.29) is 5.95 Å².